The van der Waals surface area contributed by atoms with Gasteiger partial charge in [-0.3, -0.25) is 4.79 Å². The predicted octanol–water partition coefficient (Wildman–Crippen LogP) is 3.74. The number of benzene rings is 2. The molecule has 1 fully saturated rings. The van der Waals surface area contributed by atoms with E-state index in [-0.39, 0.29) is 35.3 Å². The number of aromatic carboxylic acids is 1. The fraction of sp³-hybridized carbons (Fsp3) is 0.417. The molecule has 2 N–H and O–H groups in total. The Morgan fingerprint density at radius 3 is 2.31 bits per heavy atom. The average molecular weight is 460 g/mol. The Kier molecular flexibility index (Phi) is 7.36. The first-order chi connectivity index (χ1) is 15.1. The van der Waals surface area contributed by atoms with E-state index in [0.717, 1.165) is 5.56 Å². The molecular weight excluding hydrogens is 430 g/mol. The SMILES string of the molecule is CC(C)C(OCc1cccc(S(=O)(=O)C2CC2)c1)C(=O)N[C@@H](C)c1ccc(C(=O)O)cc1. The molecule has 0 radical (unpaired) electrons. The van der Waals surface area contributed by atoms with E-state index in [2.05, 4.69) is 5.32 Å². The van der Waals surface area contributed by atoms with E-state index in [1.54, 1.807) is 36.4 Å². The summed E-state index contributed by atoms with van der Waals surface area (Å²) in [6, 6.07) is 12.7. The topological polar surface area (TPSA) is 110 Å². The van der Waals surface area contributed by atoms with Gasteiger partial charge in [-0.05, 0) is 61.1 Å². The second-order valence-electron chi connectivity index (χ2n) is 8.52. The van der Waals surface area contributed by atoms with Crippen LogP contribution in [0, 0.1) is 5.92 Å². The number of ether oxygens (including phenoxy) is 1. The number of carboxylic acids is 1. The Morgan fingerprint density at radius 1 is 1.09 bits per heavy atom. The summed E-state index contributed by atoms with van der Waals surface area (Å²) in [5.41, 5.74) is 1.66. The highest BCUT2D eigenvalue weighted by Crippen LogP contribution is 2.33. The fourth-order valence-corrected chi connectivity index (χ4v) is 5.16. The number of hydrogen-bond acceptors (Lipinski definition) is 5. The molecule has 0 spiro atoms. The van der Waals surface area contributed by atoms with Crippen LogP contribution in [0.1, 0.15) is 61.1 Å². The highest BCUT2D eigenvalue weighted by molar-refractivity contribution is 7.92. The van der Waals surface area contributed by atoms with Crippen LogP contribution in [0.2, 0.25) is 0 Å². The molecule has 172 valence electrons. The van der Waals surface area contributed by atoms with Crippen molar-refractivity contribution < 1.29 is 27.9 Å². The minimum Gasteiger partial charge on any atom is -0.478 e. The molecular formula is C24H29NO6S. The quantitative estimate of drug-likeness (QED) is 0.560. The van der Waals surface area contributed by atoms with Gasteiger partial charge >= 0.3 is 5.97 Å². The van der Waals surface area contributed by atoms with Gasteiger partial charge in [-0.2, -0.15) is 0 Å². The lowest BCUT2D eigenvalue weighted by molar-refractivity contribution is -0.137. The van der Waals surface area contributed by atoms with Crippen LogP contribution in [0.15, 0.2) is 53.4 Å². The molecule has 1 aliphatic carbocycles. The van der Waals surface area contributed by atoms with Crippen molar-refractivity contribution in [2.24, 2.45) is 5.92 Å². The monoisotopic (exact) mass is 459 g/mol. The maximum absolute atomic E-state index is 12.9. The number of carbonyl (C=O) groups excluding carboxylic acids is 1. The lowest BCUT2D eigenvalue weighted by atomic mass is 10.0. The predicted molar refractivity (Wildman–Crippen MR) is 120 cm³/mol. The lowest BCUT2D eigenvalue weighted by Crippen LogP contribution is -2.40. The third kappa shape index (κ3) is 5.75. The van der Waals surface area contributed by atoms with Crippen molar-refractivity contribution in [3.63, 3.8) is 0 Å². The Hall–Kier alpha value is -2.71. The largest absolute Gasteiger partial charge is 0.478 e. The summed E-state index contributed by atoms with van der Waals surface area (Å²) in [5, 5.41) is 11.7. The van der Waals surface area contributed by atoms with Crippen molar-refractivity contribution in [2.45, 2.75) is 62.5 Å². The first-order valence-electron chi connectivity index (χ1n) is 10.7. The number of hydrogen-bond donors (Lipinski definition) is 2. The summed E-state index contributed by atoms with van der Waals surface area (Å²) in [5.74, 6) is -1.39. The van der Waals surface area contributed by atoms with E-state index < -0.39 is 21.9 Å². The second kappa shape index (κ2) is 9.83. The van der Waals surface area contributed by atoms with Crippen LogP contribution in [0.5, 0.6) is 0 Å². The molecule has 0 saturated heterocycles. The molecule has 2 atom stereocenters. The molecule has 0 bridgehead atoms. The Labute approximate surface area is 188 Å². The third-order valence-electron chi connectivity index (χ3n) is 5.50. The smallest absolute Gasteiger partial charge is 0.335 e. The van der Waals surface area contributed by atoms with Gasteiger partial charge < -0.3 is 15.2 Å². The number of amides is 1. The molecule has 1 aliphatic rings. The summed E-state index contributed by atoms with van der Waals surface area (Å²) >= 11 is 0. The molecule has 0 aromatic heterocycles. The van der Waals surface area contributed by atoms with Gasteiger partial charge in [0.15, 0.2) is 9.84 Å². The number of sulfone groups is 1. The van der Waals surface area contributed by atoms with Gasteiger partial charge in [-0.1, -0.05) is 38.1 Å². The molecule has 32 heavy (non-hydrogen) atoms. The van der Waals surface area contributed by atoms with Crippen molar-refractivity contribution >= 4 is 21.7 Å². The minimum absolute atomic E-state index is 0.102. The van der Waals surface area contributed by atoms with Gasteiger partial charge in [0.25, 0.3) is 0 Å². The van der Waals surface area contributed by atoms with Crippen LogP contribution in [0.25, 0.3) is 0 Å². The lowest BCUT2D eigenvalue weighted by Gasteiger charge is -2.24. The van der Waals surface area contributed by atoms with Crippen LogP contribution in [-0.4, -0.2) is 36.8 Å². The molecule has 3 rings (SSSR count). The maximum atomic E-state index is 12.9. The molecule has 7 nitrogen and oxygen atoms in total. The zero-order chi connectivity index (χ0) is 23.5. The van der Waals surface area contributed by atoms with Crippen LogP contribution >= 0.6 is 0 Å². The summed E-state index contributed by atoms with van der Waals surface area (Å²) in [6.45, 7) is 5.69. The fourth-order valence-electron chi connectivity index (χ4n) is 3.43. The van der Waals surface area contributed by atoms with Gasteiger partial charge in [0.1, 0.15) is 6.10 Å². The molecule has 1 saturated carbocycles. The average Bonchev–Trinajstić information content (AvgIpc) is 3.60. The molecule has 1 amide bonds. The molecule has 2 aromatic carbocycles. The van der Waals surface area contributed by atoms with Crippen molar-refractivity contribution in [2.75, 3.05) is 0 Å². The third-order valence-corrected chi connectivity index (χ3v) is 7.76. The Bertz CT molecular complexity index is 1070. The molecule has 0 aliphatic heterocycles. The number of carbonyl (C=O) groups is 2. The van der Waals surface area contributed by atoms with Crippen molar-refractivity contribution in [3.05, 3.63) is 65.2 Å². The summed E-state index contributed by atoms with van der Waals surface area (Å²) in [7, 11) is -3.29. The van der Waals surface area contributed by atoms with E-state index in [4.69, 9.17) is 9.84 Å². The molecule has 0 heterocycles. The Balaban J connectivity index is 1.64. The highest BCUT2D eigenvalue weighted by atomic mass is 32.2. The number of nitrogens with one attached hydrogen (secondary N) is 1. The van der Waals surface area contributed by atoms with E-state index in [1.165, 1.54) is 12.1 Å². The molecule has 8 heteroatoms. The van der Waals surface area contributed by atoms with Crippen LogP contribution in [-0.2, 0) is 26.0 Å². The maximum Gasteiger partial charge on any atom is 0.335 e. The normalized spacial score (nSPS) is 15.9. The zero-order valence-electron chi connectivity index (χ0n) is 18.4. The standard InChI is InChI=1S/C24H29NO6S/c1-15(2)22(23(26)25-16(3)18-7-9-19(10-8-18)24(27)28)31-14-17-5-4-6-21(13-17)32(29,30)20-11-12-20/h4-10,13,15-16,20,22H,11-12,14H2,1-3H3,(H,25,26)(H,27,28)/t16-,22?/m0/s1. The summed E-state index contributed by atoms with van der Waals surface area (Å²) < 4.78 is 30.9. The second-order valence-corrected chi connectivity index (χ2v) is 10.8. The number of rotatable bonds is 10. The minimum atomic E-state index is -3.29. The van der Waals surface area contributed by atoms with Crippen LogP contribution in [0.4, 0.5) is 0 Å². The van der Waals surface area contributed by atoms with E-state index in [9.17, 15) is 18.0 Å². The van der Waals surface area contributed by atoms with E-state index in [0.29, 0.717) is 23.3 Å². The summed E-state index contributed by atoms with van der Waals surface area (Å²) in [4.78, 5) is 24.2. The first-order valence-corrected chi connectivity index (χ1v) is 12.2. The van der Waals surface area contributed by atoms with Gasteiger partial charge in [-0.25, -0.2) is 13.2 Å². The Morgan fingerprint density at radius 2 is 1.75 bits per heavy atom. The zero-order valence-corrected chi connectivity index (χ0v) is 19.3. The van der Waals surface area contributed by atoms with Crippen LogP contribution in [0.3, 0.4) is 0 Å². The van der Waals surface area contributed by atoms with E-state index >= 15 is 0 Å². The first kappa shape index (κ1) is 23.9. The van der Waals surface area contributed by atoms with Gasteiger partial charge in [-0.15, -0.1) is 0 Å². The van der Waals surface area contributed by atoms with Crippen LogP contribution < -0.4 is 5.32 Å². The highest BCUT2D eigenvalue weighted by Gasteiger charge is 2.36. The van der Waals surface area contributed by atoms with Crippen molar-refractivity contribution in [3.8, 4) is 0 Å². The van der Waals surface area contributed by atoms with Gasteiger partial charge in [0, 0.05) is 0 Å². The summed E-state index contributed by atoms with van der Waals surface area (Å²) in [6.07, 6.45) is 0.686. The molecule has 2 aromatic rings. The van der Waals surface area contributed by atoms with Gasteiger partial charge in [0.05, 0.1) is 28.4 Å². The van der Waals surface area contributed by atoms with Crippen molar-refractivity contribution in [1.82, 2.24) is 5.32 Å². The van der Waals surface area contributed by atoms with Crippen molar-refractivity contribution in [1.29, 1.82) is 0 Å². The van der Waals surface area contributed by atoms with E-state index in [1.807, 2.05) is 20.8 Å². The number of carboxylic acid groups (broad SMARTS) is 1. The molecule has 1 unspecified atom stereocenters. The van der Waals surface area contributed by atoms with Gasteiger partial charge in [0.2, 0.25) is 5.91 Å².